The number of hydrogen-bond acceptors (Lipinski definition) is 3. The van der Waals surface area contributed by atoms with Crippen LogP contribution in [0, 0.1) is 0 Å². The number of aliphatic carboxylic acids is 2. The Hall–Kier alpha value is -0.568. The average molecular weight is 164 g/mol. The van der Waals surface area contributed by atoms with Crippen molar-refractivity contribution < 1.29 is 24.9 Å². The largest absolute Gasteiger partial charge is 0.481 e. The highest BCUT2D eigenvalue weighted by Gasteiger charge is 2.16. The molecule has 1 unspecified atom stereocenters. The zero-order valence-electron chi connectivity index (χ0n) is 4.44. The third-order valence-electron chi connectivity index (χ3n) is 0.653. The first kappa shape index (κ1) is 12.1. The van der Waals surface area contributed by atoms with Gasteiger partial charge in [0.15, 0.2) is 23.5 Å². The fraction of sp³-hybridized carbons (Fsp3) is 0.500. The fourth-order valence-electron chi connectivity index (χ4n) is 0.253. The van der Waals surface area contributed by atoms with Crippen LogP contribution in [0.2, 0.25) is 0 Å². The van der Waals surface area contributed by atoms with Crippen LogP contribution in [0.5, 0.6) is 0 Å². The first-order chi connectivity index (χ1) is 4.04. The maximum Gasteiger partial charge on any atom is 0.333 e. The molecule has 0 amide bonds. The lowest BCUT2D eigenvalue weighted by atomic mass is 10.3. The topological polar surface area (TPSA) is 94.8 Å². The SMILES string of the molecule is O=C(O)CC(O)C(=O)O.[AlH3]. The summed E-state index contributed by atoms with van der Waals surface area (Å²) in [6, 6.07) is 0. The molecular weight excluding hydrogens is 155 g/mol. The van der Waals surface area contributed by atoms with E-state index in [0.717, 1.165) is 0 Å². The van der Waals surface area contributed by atoms with Crippen LogP contribution < -0.4 is 0 Å². The van der Waals surface area contributed by atoms with Gasteiger partial charge < -0.3 is 15.3 Å². The summed E-state index contributed by atoms with van der Waals surface area (Å²) in [6.07, 6.45) is -2.54. The Kier molecular flexibility index (Phi) is 6.36. The van der Waals surface area contributed by atoms with E-state index in [9.17, 15) is 9.59 Å². The van der Waals surface area contributed by atoms with Gasteiger partial charge in [-0.15, -0.1) is 0 Å². The lowest BCUT2D eigenvalue weighted by Gasteiger charge is -1.97. The van der Waals surface area contributed by atoms with Crippen molar-refractivity contribution in [3.63, 3.8) is 0 Å². The van der Waals surface area contributed by atoms with Crippen molar-refractivity contribution in [1.29, 1.82) is 0 Å². The minimum absolute atomic E-state index is 0. The number of carboxylic acids is 2. The van der Waals surface area contributed by atoms with E-state index in [4.69, 9.17) is 15.3 Å². The molecule has 0 aromatic rings. The molecule has 0 saturated carbocycles. The third kappa shape index (κ3) is 5.57. The monoisotopic (exact) mass is 164 g/mol. The standard InChI is InChI=1S/C4H6O5.Al.3H/c5-2(4(8)9)1-3(6)7;;;;/h2,5H,1H2,(H,6,7)(H,8,9);;;;. The minimum Gasteiger partial charge on any atom is -0.481 e. The van der Waals surface area contributed by atoms with Crippen molar-refractivity contribution in [2.45, 2.75) is 12.5 Å². The van der Waals surface area contributed by atoms with E-state index in [0.29, 0.717) is 0 Å². The Morgan fingerprint density at radius 2 is 1.70 bits per heavy atom. The molecule has 58 valence electrons. The molecule has 0 aliphatic heterocycles. The van der Waals surface area contributed by atoms with Crippen molar-refractivity contribution in [1.82, 2.24) is 0 Å². The third-order valence-corrected chi connectivity index (χ3v) is 0.653. The predicted molar refractivity (Wildman–Crippen MR) is 35.8 cm³/mol. The van der Waals surface area contributed by atoms with Gasteiger partial charge in [-0.3, -0.25) is 4.79 Å². The molecule has 0 aliphatic rings. The predicted octanol–water partition coefficient (Wildman–Crippen LogP) is -2.28. The maximum atomic E-state index is 9.72. The molecule has 0 aromatic heterocycles. The lowest BCUT2D eigenvalue weighted by Crippen LogP contribution is -2.22. The summed E-state index contributed by atoms with van der Waals surface area (Å²) in [6.45, 7) is 0. The van der Waals surface area contributed by atoms with Gasteiger partial charge >= 0.3 is 11.9 Å². The number of aliphatic hydroxyl groups excluding tert-OH is 1. The van der Waals surface area contributed by atoms with Crippen LogP contribution in [0.15, 0.2) is 0 Å². The number of hydrogen-bond donors (Lipinski definition) is 3. The highest BCUT2D eigenvalue weighted by Crippen LogP contribution is 1.89. The molecule has 1 atom stereocenters. The summed E-state index contributed by atoms with van der Waals surface area (Å²) in [5.74, 6) is -2.85. The zero-order valence-corrected chi connectivity index (χ0v) is 4.44. The lowest BCUT2D eigenvalue weighted by molar-refractivity contribution is -0.152. The minimum atomic E-state index is -1.79. The summed E-state index contributed by atoms with van der Waals surface area (Å²) < 4.78 is 0. The van der Waals surface area contributed by atoms with Crippen LogP contribution in [0.4, 0.5) is 0 Å². The van der Waals surface area contributed by atoms with Gasteiger partial charge in [0.25, 0.3) is 0 Å². The van der Waals surface area contributed by atoms with Crippen molar-refractivity contribution in [2.24, 2.45) is 0 Å². The molecule has 10 heavy (non-hydrogen) atoms. The molecule has 5 nitrogen and oxygen atoms in total. The van der Waals surface area contributed by atoms with Gasteiger partial charge in [-0.05, 0) is 0 Å². The van der Waals surface area contributed by atoms with E-state index >= 15 is 0 Å². The van der Waals surface area contributed by atoms with Crippen LogP contribution in [-0.2, 0) is 9.59 Å². The van der Waals surface area contributed by atoms with Crippen LogP contribution in [0.3, 0.4) is 0 Å². The first-order valence-corrected chi connectivity index (χ1v) is 2.16. The van der Waals surface area contributed by atoms with E-state index in [1.165, 1.54) is 0 Å². The van der Waals surface area contributed by atoms with E-state index in [1.54, 1.807) is 0 Å². The van der Waals surface area contributed by atoms with Crippen LogP contribution in [-0.4, -0.2) is 50.7 Å². The molecule has 0 fully saturated rings. The molecule has 6 heteroatoms. The summed E-state index contributed by atoms with van der Waals surface area (Å²) in [5, 5.41) is 24.1. The van der Waals surface area contributed by atoms with E-state index in [2.05, 4.69) is 0 Å². The molecule has 0 saturated heterocycles. The van der Waals surface area contributed by atoms with Gasteiger partial charge in [0.05, 0.1) is 6.42 Å². The number of rotatable bonds is 3. The normalized spacial score (nSPS) is 11.3. The van der Waals surface area contributed by atoms with E-state index in [1.807, 2.05) is 0 Å². The summed E-state index contributed by atoms with van der Waals surface area (Å²) in [4.78, 5) is 19.4. The van der Waals surface area contributed by atoms with E-state index in [-0.39, 0.29) is 17.4 Å². The van der Waals surface area contributed by atoms with Crippen LogP contribution >= 0.6 is 0 Å². The van der Waals surface area contributed by atoms with Crippen molar-refractivity contribution in [2.75, 3.05) is 0 Å². The molecule has 0 heterocycles. The van der Waals surface area contributed by atoms with Gasteiger partial charge in [0.1, 0.15) is 0 Å². The molecule has 0 aliphatic carbocycles. The molecule has 0 spiro atoms. The molecule has 0 rings (SSSR count). The van der Waals surface area contributed by atoms with E-state index < -0.39 is 24.5 Å². The second kappa shape index (κ2) is 5.24. The Labute approximate surface area is 67.4 Å². The first-order valence-electron chi connectivity index (χ1n) is 2.16. The fourth-order valence-corrected chi connectivity index (χ4v) is 0.253. The number of aliphatic hydroxyl groups is 1. The van der Waals surface area contributed by atoms with Crippen molar-refractivity contribution in [3.05, 3.63) is 0 Å². The quantitative estimate of drug-likeness (QED) is 0.408. The average Bonchev–Trinajstić information content (AvgIpc) is 1.63. The summed E-state index contributed by atoms with van der Waals surface area (Å²) >= 11 is 0. The van der Waals surface area contributed by atoms with Gasteiger partial charge in [-0.25, -0.2) is 4.79 Å². The maximum absolute atomic E-state index is 9.72. The van der Waals surface area contributed by atoms with Crippen LogP contribution in [0.1, 0.15) is 6.42 Å². The Morgan fingerprint density at radius 1 is 1.30 bits per heavy atom. The molecule has 0 radical (unpaired) electrons. The Morgan fingerprint density at radius 3 is 1.80 bits per heavy atom. The van der Waals surface area contributed by atoms with Gasteiger partial charge in [-0.2, -0.15) is 0 Å². The second-order valence-electron chi connectivity index (χ2n) is 1.45. The smallest absolute Gasteiger partial charge is 0.333 e. The van der Waals surface area contributed by atoms with Crippen LogP contribution in [0.25, 0.3) is 0 Å². The molecule has 0 aromatic carbocycles. The number of carbonyl (C=O) groups is 2. The molecule has 0 bridgehead atoms. The van der Waals surface area contributed by atoms with Gasteiger partial charge in [-0.1, -0.05) is 0 Å². The zero-order chi connectivity index (χ0) is 7.44. The summed E-state index contributed by atoms with van der Waals surface area (Å²) in [7, 11) is 0. The number of carboxylic acid groups (broad SMARTS) is 2. The second-order valence-corrected chi connectivity index (χ2v) is 1.45. The summed E-state index contributed by atoms with van der Waals surface area (Å²) in [5.41, 5.74) is 0. The van der Waals surface area contributed by atoms with Gasteiger partial charge in [0.2, 0.25) is 0 Å². The molecular formula is C4H9AlO5. The highest BCUT2D eigenvalue weighted by molar-refractivity contribution is 5.79. The Balaban J connectivity index is 0. The molecule has 3 N–H and O–H groups in total. The van der Waals surface area contributed by atoms with Gasteiger partial charge in [0, 0.05) is 0 Å². The highest BCUT2D eigenvalue weighted by atomic mass is 27.0. The van der Waals surface area contributed by atoms with Crippen molar-refractivity contribution >= 4 is 29.3 Å². The van der Waals surface area contributed by atoms with Crippen molar-refractivity contribution in [3.8, 4) is 0 Å². The Bertz CT molecular complexity index is 134.